The minimum absolute atomic E-state index is 0.0778. The van der Waals surface area contributed by atoms with E-state index in [0.717, 1.165) is 34.6 Å². The molecular formula is C22H22N2O4. The minimum atomic E-state index is -0.254. The number of furan rings is 1. The van der Waals surface area contributed by atoms with Crippen LogP contribution in [0.25, 0.3) is 11.3 Å². The summed E-state index contributed by atoms with van der Waals surface area (Å²) in [6.45, 7) is 4.36. The van der Waals surface area contributed by atoms with Gasteiger partial charge in [0.1, 0.15) is 11.4 Å². The fourth-order valence-electron chi connectivity index (χ4n) is 3.26. The SMILES string of the molecule is CC1(C)Cc2cccc(OCC(=O)NCc3cncc(-c4ccco4)c3)c2O1. The van der Waals surface area contributed by atoms with E-state index in [2.05, 4.69) is 10.3 Å². The fourth-order valence-corrected chi connectivity index (χ4v) is 3.26. The molecule has 1 N–H and O–H groups in total. The number of benzene rings is 1. The molecule has 144 valence electrons. The molecule has 0 bridgehead atoms. The number of aromatic nitrogens is 1. The number of hydrogen-bond donors (Lipinski definition) is 1. The maximum absolute atomic E-state index is 12.2. The third-order valence-corrected chi connectivity index (χ3v) is 4.50. The lowest BCUT2D eigenvalue weighted by atomic mass is 10.0. The highest BCUT2D eigenvalue weighted by Crippen LogP contribution is 2.41. The van der Waals surface area contributed by atoms with E-state index < -0.39 is 0 Å². The monoisotopic (exact) mass is 378 g/mol. The number of pyridine rings is 1. The minimum Gasteiger partial charge on any atom is -0.483 e. The van der Waals surface area contributed by atoms with Crippen molar-refractivity contribution in [2.45, 2.75) is 32.4 Å². The van der Waals surface area contributed by atoms with Crippen molar-refractivity contribution in [2.24, 2.45) is 0 Å². The number of hydrogen-bond acceptors (Lipinski definition) is 5. The molecule has 3 heterocycles. The van der Waals surface area contributed by atoms with Gasteiger partial charge in [-0.1, -0.05) is 12.1 Å². The second-order valence-electron chi connectivity index (χ2n) is 7.41. The van der Waals surface area contributed by atoms with E-state index >= 15 is 0 Å². The molecule has 0 radical (unpaired) electrons. The maximum atomic E-state index is 12.2. The van der Waals surface area contributed by atoms with Gasteiger partial charge in [-0.2, -0.15) is 0 Å². The number of carbonyl (C=O) groups is 1. The van der Waals surface area contributed by atoms with Crippen molar-refractivity contribution in [2.75, 3.05) is 6.61 Å². The molecule has 0 saturated carbocycles. The molecule has 0 saturated heterocycles. The van der Waals surface area contributed by atoms with E-state index in [-0.39, 0.29) is 18.1 Å². The normalized spacial score (nSPS) is 14.2. The van der Waals surface area contributed by atoms with Crippen LogP contribution in [-0.2, 0) is 17.8 Å². The first-order chi connectivity index (χ1) is 13.5. The third kappa shape index (κ3) is 4.01. The first-order valence-electron chi connectivity index (χ1n) is 9.18. The molecular weight excluding hydrogens is 356 g/mol. The molecule has 1 aliphatic rings. The van der Waals surface area contributed by atoms with E-state index in [4.69, 9.17) is 13.9 Å². The van der Waals surface area contributed by atoms with Gasteiger partial charge in [0.2, 0.25) is 0 Å². The van der Waals surface area contributed by atoms with Crippen LogP contribution in [0.1, 0.15) is 25.0 Å². The Kier molecular flexibility index (Phi) is 4.77. The lowest BCUT2D eigenvalue weighted by Gasteiger charge is -2.18. The van der Waals surface area contributed by atoms with Gasteiger partial charge in [0.15, 0.2) is 18.1 Å². The Morgan fingerprint density at radius 2 is 2.14 bits per heavy atom. The largest absolute Gasteiger partial charge is 0.483 e. The molecule has 2 aromatic heterocycles. The summed E-state index contributed by atoms with van der Waals surface area (Å²) in [7, 11) is 0. The van der Waals surface area contributed by atoms with Gasteiger partial charge in [0.05, 0.1) is 6.26 Å². The molecule has 3 aromatic rings. The molecule has 1 aromatic carbocycles. The van der Waals surface area contributed by atoms with Crippen molar-refractivity contribution in [3.05, 3.63) is 66.2 Å². The molecule has 1 aliphatic heterocycles. The molecule has 0 aliphatic carbocycles. The van der Waals surface area contributed by atoms with E-state index in [1.54, 1.807) is 18.7 Å². The van der Waals surface area contributed by atoms with Crippen LogP contribution in [0, 0.1) is 0 Å². The predicted octanol–water partition coefficient (Wildman–Crippen LogP) is 3.75. The van der Waals surface area contributed by atoms with Crippen LogP contribution >= 0.6 is 0 Å². The number of para-hydroxylation sites is 1. The summed E-state index contributed by atoms with van der Waals surface area (Å²) in [6.07, 6.45) is 5.88. The molecule has 0 atom stereocenters. The van der Waals surface area contributed by atoms with Crippen molar-refractivity contribution < 1.29 is 18.7 Å². The molecule has 28 heavy (non-hydrogen) atoms. The average molecular weight is 378 g/mol. The lowest BCUT2D eigenvalue weighted by Crippen LogP contribution is -2.28. The summed E-state index contributed by atoms with van der Waals surface area (Å²) < 4.78 is 17.0. The highest BCUT2D eigenvalue weighted by molar-refractivity contribution is 5.77. The van der Waals surface area contributed by atoms with Gasteiger partial charge in [-0.15, -0.1) is 0 Å². The number of rotatable bonds is 6. The molecule has 6 nitrogen and oxygen atoms in total. The predicted molar refractivity (Wildman–Crippen MR) is 104 cm³/mol. The van der Waals surface area contributed by atoms with Gasteiger partial charge in [-0.3, -0.25) is 9.78 Å². The van der Waals surface area contributed by atoms with Gasteiger partial charge in [0.25, 0.3) is 5.91 Å². The van der Waals surface area contributed by atoms with E-state index in [1.165, 1.54) is 0 Å². The summed E-state index contributed by atoms with van der Waals surface area (Å²) in [5, 5.41) is 2.85. The van der Waals surface area contributed by atoms with Crippen molar-refractivity contribution in [1.82, 2.24) is 10.3 Å². The quantitative estimate of drug-likeness (QED) is 0.707. The van der Waals surface area contributed by atoms with Gasteiger partial charge in [-0.25, -0.2) is 0 Å². The zero-order valence-corrected chi connectivity index (χ0v) is 15.9. The number of nitrogens with one attached hydrogen (secondary N) is 1. The highest BCUT2D eigenvalue weighted by atomic mass is 16.5. The number of carbonyl (C=O) groups excluding carboxylic acids is 1. The van der Waals surface area contributed by atoms with Crippen LogP contribution in [0.15, 0.2) is 59.5 Å². The molecule has 0 unspecified atom stereocenters. The Morgan fingerprint density at radius 3 is 2.96 bits per heavy atom. The summed E-state index contributed by atoms with van der Waals surface area (Å²) >= 11 is 0. The van der Waals surface area contributed by atoms with E-state index in [1.807, 2.05) is 50.2 Å². The molecule has 1 amide bonds. The van der Waals surface area contributed by atoms with Crippen LogP contribution in [0.4, 0.5) is 0 Å². The zero-order chi connectivity index (χ0) is 19.6. The van der Waals surface area contributed by atoms with Crippen LogP contribution in [0.2, 0.25) is 0 Å². The topological polar surface area (TPSA) is 73.6 Å². The van der Waals surface area contributed by atoms with Crippen LogP contribution in [0.5, 0.6) is 11.5 Å². The van der Waals surface area contributed by atoms with E-state index in [0.29, 0.717) is 12.3 Å². The van der Waals surface area contributed by atoms with Crippen molar-refractivity contribution >= 4 is 5.91 Å². The lowest BCUT2D eigenvalue weighted by molar-refractivity contribution is -0.123. The first kappa shape index (κ1) is 18.1. The van der Waals surface area contributed by atoms with Crippen LogP contribution < -0.4 is 14.8 Å². The summed E-state index contributed by atoms with van der Waals surface area (Å²) in [6, 6.07) is 11.4. The number of fused-ring (bicyclic) bond motifs is 1. The molecule has 4 rings (SSSR count). The van der Waals surface area contributed by atoms with Crippen LogP contribution in [0.3, 0.4) is 0 Å². The van der Waals surface area contributed by atoms with Crippen LogP contribution in [-0.4, -0.2) is 23.1 Å². The van der Waals surface area contributed by atoms with Gasteiger partial charge >= 0.3 is 0 Å². The Labute approximate surface area is 163 Å². The van der Waals surface area contributed by atoms with Crippen molar-refractivity contribution in [1.29, 1.82) is 0 Å². The number of ether oxygens (including phenoxy) is 2. The first-order valence-corrected chi connectivity index (χ1v) is 9.18. The van der Waals surface area contributed by atoms with E-state index in [9.17, 15) is 4.79 Å². The Bertz CT molecular complexity index is 980. The summed E-state index contributed by atoms with van der Waals surface area (Å²) in [5.74, 6) is 1.86. The standard InChI is InChI=1S/C22H22N2O4/c1-22(2)10-16-5-3-6-19(21(16)28-22)27-14-20(25)24-12-15-9-17(13-23-11-15)18-7-4-8-26-18/h3-9,11,13H,10,12,14H2,1-2H3,(H,24,25). The molecule has 6 heteroatoms. The summed E-state index contributed by atoms with van der Waals surface area (Å²) in [4.78, 5) is 16.4. The highest BCUT2D eigenvalue weighted by Gasteiger charge is 2.32. The Hall–Kier alpha value is -3.28. The fraction of sp³-hybridized carbons (Fsp3) is 0.273. The second kappa shape index (κ2) is 7.38. The van der Waals surface area contributed by atoms with Crippen molar-refractivity contribution in [3.8, 4) is 22.8 Å². The number of amides is 1. The molecule has 0 fully saturated rings. The van der Waals surface area contributed by atoms with Gasteiger partial charge in [-0.05, 0) is 43.7 Å². The summed E-state index contributed by atoms with van der Waals surface area (Å²) in [5.41, 5.74) is 2.60. The molecule has 0 spiro atoms. The second-order valence-corrected chi connectivity index (χ2v) is 7.41. The van der Waals surface area contributed by atoms with Gasteiger partial charge in [0, 0.05) is 36.5 Å². The third-order valence-electron chi connectivity index (χ3n) is 4.50. The zero-order valence-electron chi connectivity index (χ0n) is 15.9. The smallest absolute Gasteiger partial charge is 0.258 e. The Balaban J connectivity index is 1.33. The number of nitrogens with zero attached hydrogens (tertiary/aromatic N) is 1. The maximum Gasteiger partial charge on any atom is 0.258 e. The Morgan fingerprint density at radius 1 is 1.25 bits per heavy atom. The van der Waals surface area contributed by atoms with Crippen molar-refractivity contribution in [3.63, 3.8) is 0 Å². The van der Waals surface area contributed by atoms with Gasteiger partial charge < -0.3 is 19.2 Å². The average Bonchev–Trinajstić information content (AvgIpc) is 3.31.